The van der Waals surface area contributed by atoms with Gasteiger partial charge < -0.3 is 0 Å². The van der Waals surface area contributed by atoms with Crippen LogP contribution in [-0.4, -0.2) is 6.94 Å². The third kappa shape index (κ3) is 3.43. The van der Waals surface area contributed by atoms with Crippen LogP contribution in [0.3, 0.4) is 0 Å². The van der Waals surface area contributed by atoms with Crippen molar-refractivity contribution >= 4 is 19.1 Å². The van der Waals surface area contributed by atoms with Gasteiger partial charge >= 0.3 is 194 Å². The number of rotatable bonds is 6. The first-order valence-corrected chi connectivity index (χ1v) is 24.3. The normalized spacial score (nSPS) is 19.4. The van der Waals surface area contributed by atoms with E-state index in [9.17, 15) is 0 Å². The Morgan fingerprint density at radius 2 is 0.967 bits per heavy atom. The molecule has 2 unspecified atom stereocenters. The van der Waals surface area contributed by atoms with Crippen LogP contribution in [0, 0.1) is 0 Å². The second-order valence-electron chi connectivity index (χ2n) is 9.05. The third-order valence-electron chi connectivity index (χ3n) is 7.43. The first-order valence-electron chi connectivity index (χ1n) is 11.8. The minimum absolute atomic E-state index is 0.749. The zero-order valence-electron chi connectivity index (χ0n) is 19.7. The SMILES string of the molecule is CCc1ccc(CC)c2c1C=C(C)[CH]2[Hf](=[SiH2])[CH]1C(C)=Cc2c(CC)ccc(CC)c21. The Morgan fingerprint density at radius 1 is 0.633 bits per heavy atom. The molecule has 156 valence electrons. The van der Waals surface area contributed by atoms with Gasteiger partial charge in [-0.05, 0) is 0 Å². The van der Waals surface area contributed by atoms with Gasteiger partial charge in [0.1, 0.15) is 0 Å². The summed E-state index contributed by atoms with van der Waals surface area (Å²) in [4.78, 5) is 0. The fourth-order valence-electron chi connectivity index (χ4n) is 5.91. The van der Waals surface area contributed by atoms with Gasteiger partial charge in [-0.2, -0.15) is 0 Å². The van der Waals surface area contributed by atoms with Gasteiger partial charge in [0.2, 0.25) is 0 Å². The summed E-state index contributed by atoms with van der Waals surface area (Å²) in [6.45, 7) is 16.6. The minimum atomic E-state index is -2.08. The first kappa shape index (κ1) is 22.2. The summed E-state index contributed by atoms with van der Waals surface area (Å²) >= 11 is -2.08. The van der Waals surface area contributed by atoms with E-state index in [1.54, 1.807) is 55.7 Å². The van der Waals surface area contributed by atoms with Crippen molar-refractivity contribution in [3.05, 3.63) is 79.9 Å². The Balaban J connectivity index is 1.87. The van der Waals surface area contributed by atoms with Gasteiger partial charge in [-0.25, -0.2) is 0 Å². The summed E-state index contributed by atoms with van der Waals surface area (Å²) in [7, 11) is 0. The van der Waals surface area contributed by atoms with E-state index in [0.29, 0.717) is 0 Å². The first-order chi connectivity index (χ1) is 14.5. The van der Waals surface area contributed by atoms with Crippen molar-refractivity contribution in [1.82, 2.24) is 0 Å². The molecule has 2 aromatic carbocycles. The molecule has 4 rings (SSSR count). The van der Waals surface area contributed by atoms with Crippen LogP contribution in [0.5, 0.6) is 0 Å². The van der Waals surface area contributed by atoms with E-state index in [-0.39, 0.29) is 0 Å². The fourth-order valence-corrected chi connectivity index (χ4v) is 25.6. The van der Waals surface area contributed by atoms with Crippen molar-refractivity contribution in [3.8, 4) is 0 Å². The summed E-state index contributed by atoms with van der Waals surface area (Å²) in [5.41, 5.74) is 16.3. The van der Waals surface area contributed by atoms with Crippen LogP contribution >= 0.6 is 0 Å². The maximum absolute atomic E-state index is 2.56. The molecule has 0 bridgehead atoms. The van der Waals surface area contributed by atoms with Crippen molar-refractivity contribution in [2.24, 2.45) is 0 Å². The van der Waals surface area contributed by atoms with Gasteiger partial charge in [0.05, 0.1) is 0 Å². The molecular formula is C28H36HfSi. The molecule has 0 fully saturated rings. The Labute approximate surface area is 192 Å². The molecule has 2 atom stereocenters. The van der Waals surface area contributed by atoms with Crippen LogP contribution in [0.4, 0.5) is 0 Å². The van der Waals surface area contributed by atoms with E-state index in [4.69, 9.17) is 0 Å². The van der Waals surface area contributed by atoms with Gasteiger partial charge in [0.25, 0.3) is 0 Å². The van der Waals surface area contributed by atoms with Crippen LogP contribution in [0.15, 0.2) is 35.4 Å². The summed E-state index contributed by atoms with van der Waals surface area (Å²) in [6.07, 6.45) is 9.72. The summed E-state index contributed by atoms with van der Waals surface area (Å²) in [5.74, 6) is 0. The van der Waals surface area contributed by atoms with Gasteiger partial charge in [0.15, 0.2) is 0 Å². The second-order valence-corrected chi connectivity index (χ2v) is 24.0. The van der Waals surface area contributed by atoms with Crippen LogP contribution < -0.4 is 0 Å². The van der Waals surface area contributed by atoms with E-state index in [1.807, 2.05) is 0 Å². The standard InChI is InChI=1S/2C14H17.Hf.H2Si/c2*1-4-11-6-7-12(5-2)14-9-10(3)8-13(11)14;;/h2*6-9H,4-5H2,1-3H3;;1H2. The number of aryl methyl sites for hydroxylation is 4. The van der Waals surface area contributed by atoms with Gasteiger partial charge in [0, 0.05) is 0 Å². The average molecular weight is 579 g/mol. The summed E-state index contributed by atoms with van der Waals surface area (Å²) in [5, 5.41) is 0. The molecule has 0 aliphatic heterocycles. The topological polar surface area (TPSA) is 0 Å². The molecule has 0 N–H and O–H groups in total. The average Bonchev–Trinajstić information content (AvgIpc) is 3.28. The van der Waals surface area contributed by atoms with E-state index in [2.05, 4.69) is 84.9 Å². The molecule has 0 spiro atoms. The van der Waals surface area contributed by atoms with Crippen molar-refractivity contribution in [1.29, 1.82) is 0 Å². The van der Waals surface area contributed by atoms with Crippen molar-refractivity contribution < 1.29 is 20.1 Å². The zero-order valence-corrected chi connectivity index (χ0v) is 24.7. The molecule has 0 nitrogen and oxygen atoms in total. The Morgan fingerprint density at radius 3 is 1.30 bits per heavy atom. The molecule has 0 saturated carbocycles. The number of allylic oxidation sites excluding steroid dienone is 2. The predicted molar refractivity (Wildman–Crippen MR) is 132 cm³/mol. The fraction of sp³-hybridized carbons (Fsp3) is 0.429. The van der Waals surface area contributed by atoms with Crippen molar-refractivity contribution in [2.75, 3.05) is 0 Å². The summed E-state index contributed by atoms with van der Waals surface area (Å²) < 4.78 is 1.50. The van der Waals surface area contributed by atoms with Crippen LogP contribution in [-0.2, 0) is 45.7 Å². The van der Waals surface area contributed by atoms with E-state index in [1.165, 1.54) is 0 Å². The van der Waals surface area contributed by atoms with Crippen LogP contribution in [0.2, 0.25) is 0 Å². The van der Waals surface area contributed by atoms with Crippen LogP contribution in [0.1, 0.15) is 93.4 Å². The summed E-state index contributed by atoms with van der Waals surface area (Å²) in [6, 6.07) is 9.67. The van der Waals surface area contributed by atoms with E-state index < -0.39 is 20.1 Å². The second kappa shape index (κ2) is 8.86. The number of fused-ring (bicyclic) bond motifs is 2. The van der Waals surface area contributed by atoms with Crippen molar-refractivity contribution in [3.63, 3.8) is 0 Å². The number of hydrogen-bond acceptors (Lipinski definition) is 0. The van der Waals surface area contributed by atoms with E-state index >= 15 is 0 Å². The Hall–Kier alpha value is -0.993. The molecule has 0 heterocycles. The van der Waals surface area contributed by atoms with Crippen LogP contribution in [0.25, 0.3) is 12.2 Å². The Bertz CT molecular complexity index is 1000. The molecule has 0 saturated heterocycles. The number of benzene rings is 2. The van der Waals surface area contributed by atoms with Gasteiger partial charge in [-0.3, -0.25) is 0 Å². The van der Waals surface area contributed by atoms with E-state index in [0.717, 1.165) is 33.0 Å². The molecule has 0 radical (unpaired) electrons. The molecular weight excluding hydrogens is 543 g/mol. The molecule has 0 amide bonds. The zero-order chi connectivity index (χ0) is 21.6. The van der Waals surface area contributed by atoms with Gasteiger partial charge in [-0.1, -0.05) is 0 Å². The van der Waals surface area contributed by atoms with Gasteiger partial charge in [-0.15, -0.1) is 0 Å². The Kier molecular flexibility index (Phi) is 6.56. The monoisotopic (exact) mass is 580 g/mol. The molecule has 2 heteroatoms. The molecule has 2 aliphatic rings. The third-order valence-corrected chi connectivity index (χ3v) is 24.8. The molecule has 2 aromatic rings. The molecule has 30 heavy (non-hydrogen) atoms. The van der Waals surface area contributed by atoms with Crippen molar-refractivity contribution in [2.45, 2.75) is 74.6 Å². The quantitative estimate of drug-likeness (QED) is 0.334. The molecule has 2 aliphatic carbocycles. The molecule has 0 aromatic heterocycles. The number of hydrogen-bond donors (Lipinski definition) is 0. The predicted octanol–water partition coefficient (Wildman–Crippen LogP) is 6.72. The maximum atomic E-state index is 2.56.